The van der Waals surface area contributed by atoms with Gasteiger partial charge in [0.25, 0.3) is 0 Å². The minimum Gasteiger partial charge on any atom is -0.466 e. The zero-order chi connectivity index (χ0) is 54.3. The molecule has 0 aromatic carbocycles. The van der Waals surface area contributed by atoms with E-state index < -0.39 is 12.1 Å². The van der Waals surface area contributed by atoms with Crippen molar-refractivity contribution in [2.24, 2.45) is 0 Å². The number of rotatable bonds is 64. The first-order chi connectivity index (χ1) is 37.0. The number of carbonyl (C=O) groups is 2. The van der Waals surface area contributed by atoms with Crippen LogP contribution in [-0.2, 0) is 14.3 Å². The Bertz CT molecular complexity index is 1170. The lowest BCUT2D eigenvalue weighted by molar-refractivity contribution is -0.143. The quantitative estimate of drug-likeness (QED) is 0.0320. The lowest BCUT2D eigenvalue weighted by Gasteiger charge is -2.22. The Balaban J connectivity index is 3.44. The van der Waals surface area contributed by atoms with Crippen molar-refractivity contribution in [3.63, 3.8) is 0 Å². The SMILES string of the molecule is CCCCCCCCCCCCCCCCCCCCCCCCCC(O)C(CO)NC(=O)CCCCCCCCC/C=C\C/C=C\CCCCCCCCCCCOC(=O)CCCCCCCCCCCCCC. The number of unbranched alkanes of at least 4 members (excludes halogenated alkanes) is 49. The second kappa shape index (κ2) is 64.9. The number of amides is 1. The maximum absolute atomic E-state index is 12.5. The Kier molecular flexibility index (Phi) is 63.4. The summed E-state index contributed by atoms with van der Waals surface area (Å²) in [6, 6.07) is -0.550. The van der Waals surface area contributed by atoms with Gasteiger partial charge in [0.15, 0.2) is 0 Å². The van der Waals surface area contributed by atoms with Crippen molar-refractivity contribution in [3.05, 3.63) is 24.3 Å². The monoisotopic (exact) mass is 1060 g/mol. The predicted octanol–water partition coefficient (Wildman–Crippen LogP) is 21.8. The molecule has 0 aliphatic heterocycles. The van der Waals surface area contributed by atoms with E-state index in [0.717, 1.165) is 44.9 Å². The Labute approximate surface area is 469 Å². The number of ether oxygens (including phenoxy) is 1. The predicted molar refractivity (Wildman–Crippen MR) is 329 cm³/mol. The Hall–Kier alpha value is -1.66. The topological polar surface area (TPSA) is 95.9 Å². The summed E-state index contributed by atoms with van der Waals surface area (Å²) in [6.45, 7) is 4.98. The van der Waals surface area contributed by atoms with E-state index in [0.29, 0.717) is 25.9 Å². The van der Waals surface area contributed by atoms with Crippen molar-refractivity contribution in [2.45, 2.75) is 392 Å². The van der Waals surface area contributed by atoms with Gasteiger partial charge >= 0.3 is 5.97 Å². The van der Waals surface area contributed by atoms with Crippen LogP contribution in [0.15, 0.2) is 24.3 Å². The van der Waals surface area contributed by atoms with Crippen LogP contribution >= 0.6 is 0 Å². The van der Waals surface area contributed by atoms with Gasteiger partial charge in [-0.3, -0.25) is 9.59 Å². The number of hydrogen-bond acceptors (Lipinski definition) is 5. The molecule has 6 heteroatoms. The van der Waals surface area contributed by atoms with E-state index in [1.54, 1.807) is 0 Å². The average Bonchev–Trinajstić information content (AvgIpc) is 3.41. The minimum atomic E-state index is -0.672. The smallest absolute Gasteiger partial charge is 0.305 e. The number of aliphatic hydroxyl groups excluding tert-OH is 2. The molecule has 0 bridgehead atoms. The summed E-state index contributed by atoms with van der Waals surface area (Å²) in [7, 11) is 0. The van der Waals surface area contributed by atoms with E-state index in [-0.39, 0.29) is 18.5 Å². The normalized spacial score (nSPS) is 12.6. The number of aliphatic hydroxyl groups is 2. The van der Waals surface area contributed by atoms with E-state index in [2.05, 4.69) is 43.5 Å². The van der Waals surface area contributed by atoms with Gasteiger partial charge in [0, 0.05) is 12.8 Å². The summed E-state index contributed by atoms with van der Waals surface area (Å²) >= 11 is 0. The number of carbonyl (C=O) groups excluding carboxylic acids is 2. The highest BCUT2D eigenvalue weighted by Gasteiger charge is 2.20. The Morgan fingerprint density at radius 3 is 1.01 bits per heavy atom. The molecule has 3 N–H and O–H groups in total. The fourth-order valence-electron chi connectivity index (χ4n) is 10.8. The summed E-state index contributed by atoms with van der Waals surface area (Å²) in [6.07, 6.45) is 80.7. The number of allylic oxidation sites excluding steroid dienone is 4. The van der Waals surface area contributed by atoms with Gasteiger partial charge in [-0.15, -0.1) is 0 Å². The second-order valence-electron chi connectivity index (χ2n) is 23.5. The zero-order valence-electron chi connectivity index (χ0n) is 50.8. The van der Waals surface area contributed by atoms with Crippen LogP contribution in [-0.4, -0.2) is 47.4 Å². The van der Waals surface area contributed by atoms with Crippen molar-refractivity contribution in [3.8, 4) is 0 Å². The third-order valence-electron chi connectivity index (χ3n) is 16.0. The maximum atomic E-state index is 12.5. The van der Waals surface area contributed by atoms with Gasteiger partial charge in [0.05, 0.1) is 25.4 Å². The minimum absolute atomic E-state index is 0.00851. The molecule has 0 saturated carbocycles. The number of nitrogens with one attached hydrogen (secondary N) is 1. The molecule has 0 saturated heterocycles. The first-order valence-electron chi connectivity index (χ1n) is 34.1. The highest BCUT2D eigenvalue weighted by atomic mass is 16.5. The molecule has 0 fully saturated rings. The molecule has 0 aliphatic rings. The molecule has 0 aromatic heterocycles. The van der Waals surface area contributed by atoms with Crippen LogP contribution in [0.25, 0.3) is 0 Å². The lowest BCUT2D eigenvalue weighted by atomic mass is 10.0. The first-order valence-corrected chi connectivity index (χ1v) is 34.1. The summed E-state index contributed by atoms with van der Waals surface area (Å²) < 4.78 is 5.47. The highest BCUT2D eigenvalue weighted by molar-refractivity contribution is 5.76. The van der Waals surface area contributed by atoms with Crippen molar-refractivity contribution in [1.82, 2.24) is 5.32 Å². The third kappa shape index (κ3) is 61.4. The van der Waals surface area contributed by atoms with Gasteiger partial charge in [-0.2, -0.15) is 0 Å². The van der Waals surface area contributed by atoms with Gasteiger partial charge in [0.2, 0.25) is 5.91 Å². The molecule has 1 amide bonds. The van der Waals surface area contributed by atoms with Gasteiger partial charge < -0.3 is 20.3 Å². The van der Waals surface area contributed by atoms with Crippen LogP contribution in [0.3, 0.4) is 0 Å². The van der Waals surface area contributed by atoms with Crippen LogP contribution in [0.4, 0.5) is 0 Å². The number of esters is 1. The molecule has 75 heavy (non-hydrogen) atoms. The fraction of sp³-hybridized carbons (Fsp3) is 0.913. The van der Waals surface area contributed by atoms with Crippen LogP contribution in [0.2, 0.25) is 0 Å². The summed E-state index contributed by atoms with van der Waals surface area (Å²) in [5, 5.41) is 23.4. The van der Waals surface area contributed by atoms with E-state index in [4.69, 9.17) is 4.74 Å². The molecule has 2 atom stereocenters. The molecule has 0 aliphatic carbocycles. The van der Waals surface area contributed by atoms with Gasteiger partial charge in [-0.1, -0.05) is 334 Å². The molecule has 0 heterocycles. The first kappa shape index (κ1) is 73.3. The average molecular weight is 1060 g/mol. The number of hydrogen-bond donors (Lipinski definition) is 3. The summed E-state index contributed by atoms with van der Waals surface area (Å²) in [5.74, 6) is -0.0326. The van der Waals surface area contributed by atoms with Gasteiger partial charge in [-0.05, 0) is 57.8 Å². The molecule has 444 valence electrons. The van der Waals surface area contributed by atoms with Crippen molar-refractivity contribution in [2.75, 3.05) is 13.2 Å². The van der Waals surface area contributed by atoms with E-state index in [9.17, 15) is 19.8 Å². The molecule has 2 unspecified atom stereocenters. The van der Waals surface area contributed by atoms with Crippen LogP contribution in [0, 0.1) is 0 Å². The lowest BCUT2D eigenvalue weighted by Crippen LogP contribution is -2.45. The second-order valence-corrected chi connectivity index (χ2v) is 23.5. The summed E-state index contributed by atoms with van der Waals surface area (Å²) in [4.78, 5) is 24.6. The van der Waals surface area contributed by atoms with E-state index >= 15 is 0 Å². The molecule has 0 spiro atoms. The molecule has 6 nitrogen and oxygen atoms in total. The molecular formula is C69H133NO5. The van der Waals surface area contributed by atoms with Gasteiger partial charge in [-0.25, -0.2) is 0 Å². The van der Waals surface area contributed by atoms with Crippen molar-refractivity contribution >= 4 is 11.9 Å². The molecular weight excluding hydrogens is 923 g/mol. The van der Waals surface area contributed by atoms with Crippen LogP contribution < -0.4 is 5.32 Å². The fourth-order valence-corrected chi connectivity index (χ4v) is 10.8. The standard InChI is InChI=1S/C69H133NO5/c1-3-5-7-9-11-13-15-17-18-19-20-21-23-26-29-32-35-38-41-45-49-53-57-61-67(72)66(65-71)70-68(73)62-58-54-50-46-42-39-36-33-30-27-24-22-25-28-31-34-37-40-44-48-52-56-60-64-75-69(74)63-59-55-51-47-43-16-14-12-10-8-6-4-2/h22,25,27,30,66-67,71-72H,3-21,23-24,26,28-29,31-65H2,1-2H3,(H,70,73)/b25-22-,30-27-. The molecule has 0 radical (unpaired) electrons. The highest BCUT2D eigenvalue weighted by Crippen LogP contribution is 2.18. The molecule has 0 rings (SSSR count). The van der Waals surface area contributed by atoms with Gasteiger partial charge in [0.1, 0.15) is 0 Å². The van der Waals surface area contributed by atoms with Crippen molar-refractivity contribution in [1.29, 1.82) is 0 Å². The largest absolute Gasteiger partial charge is 0.466 e. The van der Waals surface area contributed by atoms with Crippen LogP contribution in [0.1, 0.15) is 380 Å². The van der Waals surface area contributed by atoms with E-state index in [1.165, 1.54) is 302 Å². The van der Waals surface area contributed by atoms with E-state index in [1.807, 2.05) is 0 Å². The third-order valence-corrected chi connectivity index (χ3v) is 16.0. The molecule has 0 aromatic rings. The van der Waals surface area contributed by atoms with Crippen molar-refractivity contribution < 1.29 is 24.5 Å². The Morgan fingerprint density at radius 2 is 0.667 bits per heavy atom. The zero-order valence-corrected chi connectivity index (χ0v) is 50.8. The Morgan fingerprint density at radius 1 is 0.373 bits per heavy atom. The van der Waals surface area contributed by atoms with Crippen LogP contribution in [0.5, 0.6) is 0 Å². The summed E-state index contributed by atoms with van der Waals surface area (Å²) in [5.41, 5.74) is 0. The maximum Gasteiger partial charge on any atom is 0.305 e.